The predicted molar refractivity (Wildman–Crippen MR) is 61.6 cm³/mol. The fourth-order valence-electron chi connectivity index (χ4n) is 1.94. The topological polar surface area (TPSA) is 59.3 Å². The lowest BCUT2D eigenvalue weighted by molar-refractivity contribution is 0.437. The van der Waals surface area contributed by atoms with Crippen LogP contribution < -0.4 is 4.72 Å². The first-order valence-corrected chi connectivity index (χ1v) is 7.13. The van der Waals surface area contributed by atoms with Gasteiger partial charge in [0.05, 0.1) is 17.6 Å². The molecule has 0 saturated heterocycles. The van der Waals surface area contributed by atoms with E-state index >= 15 is 0 Å². The summed E-state index contributed by atoms with van der Waals surface area (Å²) < 4.78 is 31.7. The van der Waals surface area contributed by atoms with Crippen molar-refractivity contribution in [2.45, 2.75) is 44.4 Å². The van der Waals surface area contributed by atoms with Gasteiger partial charge in [-0.3, -0.25) is 0 Å². The van der Waals surface area contributed by atoms with E-state index in [4.69, 9.17) is 4.42 Å². The number of furan rings is 1. The van der Waals surface area contributed by atoms with Crippen LogP contribution in [0.25, 0.3) is 0 Å². The summed E-state index contributed by atoms with van der Waals surface area (Å²) >= 11 is 0. The second kappa shape index (κ2) is 4.22. The van der Waals surface area contributed by atoms with Crippen molar-refractivity contribution in [3.05, 3.63) is 23.7 Å². The van der Waals surface area contributed by atoms with Crippen LogP contribution in [0.3, 0.4) is 0 Å². The molecular weight excluding hydrogens is 226 g/mol. The Balaban J connectivity index is 2.20. The minimum Gasteiger partial charge on any atom is -0.469 e. The Bertz CT molecular complexity index is 461. The van der Waals surface area contributed by atoms with Gasteiger partial charge >= 0.3 is 0 Å². The van der Waals surface area contributed by atoms with Crippen molar-refractivity contribution in [3.63, 3.8) is 0 Å². The third-order valence-corrected chi connectivity index (χ3v) is 4.83. The fraction of sp³-hybridized carbons (Fsp3) is 0.636. The van der Waals surface area contributed by atoms with Crippen molar-refractivity contribution in [2.24, 2.45) is 0 Å². The molecule has 0 amide bonds. The van der Waals surface area contributed by atoms with E-state index in [2.05, 4.69) is 4.72 Å². The Morgan fingerprint density at radius 1 is 1.50 bits per heavy atom. The highest BCUT2D eigenvalue weighted by Gasteiger charge is 2.27. The third-order valence-electron chi connectivity index (χ3n) is 2.98. The molecule has 1 atom stereocenters. The monoisotopic (exact) mass is 243 g/mol. The standard InChI is InChI=1S/C11H17NO3S/c1-8(2)16(13,14)12-10-4-3-5-11-9(10)6-7-15-11/h6-8,10,12H,3-5H2,1-2H3. The largest absolute Gasteiger partial charge is 0.469 e. The van der Waals surface area contributed by atoms with Gasteiger partial charge in [-0.15, -0.1) is 0 Å². The molecular formula is C11H17NO3S. The maximum absolute atomic E-state index is 11.8. The fourth-order valence-corrected chi connectivity index (χ4v) is 2.86. The van der Waals surface area contributed by atoms with Gasteiger partial charge in [-0.1, -0.05) is 0 Å². The smallest absolute Gasteiger partial charge is 0.214 e. The summed E-state index contributed by atoms with van der Waals surface area (Å²) in [5.41, 5.74) is 0.996. The number of hydrogen-bond acceptors (Lipinski definition) is 3. The van der Waals surface area contributed by atoms with Gasteiger partial charge in [0.15, 0.2) is 0 Å². The van der Waals surface area contributed by atoms with Crippen LogP contribution in [0.1, 0.15) is 44.1 Å². The summed E-state index contributed by atoms with van der Waals surface area (Å²) in [5, 5.41) is -0.398. The van der Waals surface area contributed by atoms with E-state index in [0.717, 1.165) is 30.6 Å². The lowest BCUT2D eigenvalue weighted by Crippen LogP contribution is -2.35. The van der Waals surface area contributed by atoms with E-state index in [9.17, 15) is 8.42 Å². The van der Waals surface area contributed by atoms with E-state index in [1.807, 2.05) is 6.07 Å². The summed E-state index contributed by atoms with van der Waals surface area (Å²) in [4.78, 5) is 0. The highest BCUT2D eigenvalue weighted by atomic mass is 32.2. The molecule has 5 heteroatoms. The molecule has 0 aliphatic heterocycles. The Kier molecular flexibility index (Phi) is 3.08. The minimum atomic E-state index is -3.21. The quantitative estimate of drug-likeness (QED) is 0.883. The van der Waals surface area contributed by atoms with Crippen molar-refractivity contribution in [3.8, 4) is 0 Å². The Morgan fingerprint density at radius 2 is 2.25 bits per heavy atom. The van der Waals surface area contributed by atoms with Crippen molar-refractivity contribution in [1.29, 1.82) is 0 Å². The van der Waals surface area contributed by atoms with Gasteiger partial charge in [0, 0.05) is 12.0 Å². The number of aryl methyl sites for hydroxylation is 1. The number of nitrogens with one attached hydrogen (secondary N) is 1. The van der Waals surface area contributed by atoms with Crippen molar-refractivity contribution in [1.82, 2.24) is 4.72 Å². The molecule has 0 saturated carbocycles. The molecule has 1 N–H and O–H groups in total. The first-order valence-electron chi connectivity index (χ1n) is 5.58. The zero-order chi connectivity index (χ0) is 11.8. The SMILES string of the molecule is CC(C)S(=O)(=O)NC1CCCc2occc21. The molecule has 4 nitrogen and oxygen atoms in total. The van der Waals surface area contributed by atoms with E-state index in [1.165, 1.54) is 0 Å². The van der Waals surface area contributed by atoms with Crippen molar-refractivity contribution >= 4 is 10.0 Å². The normalized spacial score (nSPS) is 21.1. The highest BCUT2D eigenvalue weighted by molar-refractivity contribution is 7.90. The van der Waals surface area contributed by atoms with Crippen LogP contribution in [0.4, 0.5) is 0 Å². The third kappa shape index (κ3) is 2.15. The predicted octanol–water partition coefficient (Wildman–Crippen LogP) is 1.98. The summed E-state index contributed by atoms with van der Waals surface area (Å²) in [6, 6.07) is 1.75. The van der Waals surface area contributed by atoms with Crippen LogP contribution in [-0.4, -0.2) is 13.7 Å². The maximum Gasteiger partial charge on any atom is 0.214 e. The lowest BCUT2D eigenvalue weighted by Gasteiger charge is -2.23. The Morgan fingerprint density at radius 3 is 2.94 bits per heavy atom. The van der Waals surface area contributed by atoms with E-state index < -0.39 is 15.3 Å². The Hall–Kier alpha value is -0.810. The summed E-state index contributed by atoms with van der Waals surface area (Å²) in [7, 11) is -3.21. The first kappa shape index (κ1) is 11.7. The van der Waals surface area contributed by atoms with Crippen LogP contribution in [0.2, 0.25) is 0 Å². The van der Waals surface area contributed by atoms with Crippen LogP contribution in [0, 0.1) is 0 Å². The van der Waals surface area contributed by atoms with Crippen LogP contribution in [-0.2, 0) is 16.4 Å². The molecule has 0 bridgehead atoms. The number of fused-ring (bicyclic) bond motifs is 1. The molecule has 0 spiro atoms. The molecule has 1 aromatic heterocycles. The highest BCUT2D eigenvalue weighted by Crippen LogP contribution is 2.31. The first-order chi connectivity index (χ1) is 7.50. The zero-order valence-electron chi connectivity index (χ0n) is 9.56. The van der Waals surface area contributed by atoms with E-state index in [-0.39, 0.29) is 6.04 Å². The minimum absolute atomic E-state index is 0.116. The number of sulfonamides is 1. The van der Waals surface area contributed by atoms with Crippen LogP contribution in [0.15, 0.2) is 16.7 Å². The molecule has 16 heavy (non-hydrogen) atoms. The molecule has 2 rings (SSSR count). The van der Waals surface area contributed by atoms with E-state index in [0.29, 0.717) is 0 Å². The maximum atomic E-state index is 11.8. The summed E-state index contributed by atoms with van der Waals surface area (Å²) in [6.45, 7) is 3.36. The molecule has 1 aliphatic carbocycles. The molecule has 1 unspecified atom stereocenters. The lowest BCUT2D eigenvalue weighted by atomic mass is 9.94. The van der Waals surface area contributed by atoms with Gasteiger partial charge in [-0.05, 0) is 32.8 Å². The number of hydrogen-bond donors (Lipinski definition) is 1. The van der Waals surface area contributed by atoms with Crippen molar-refractivity contribution in [2.75, 3.05) is 0 Å². The summed E-state index contributed by atoms with van der Waals surface area (Å²) in [6.07, 6.45) is 4.35. The molecule has 0 aromatic carbocycles. The molecule has 0 fully saturated rings. The molecule has 1 aliphatic rings. The molecule has 0 radical (unpaired) electrons. The molecule has 1 heterocycles. The summed E-state index contributed by atoms with van der Waals surface area (Å²) in [5.74, 6) is 0.919. The second-order valence-electron chi connectivity index (χ2n) is 4.46. The molecule has 90 valence electrons. The van der Waals surface area contributed by atoms with Gasteiger partial charge in [0.2, 0.25) is 10.0 Å². The van der Waals surface area contributed by atoms with Crippen molar-refractivity contribution < 1.29 is 12.8 Å². The van der Waals surface area contributed by atoms with Gasteiger partial charge in [-0.2, -0.15) is 0 Å². The average molecular weight is 243 g/mol. The number of rotatable bonds is 3. The zero-order valence-corrected chi connectivity index (χ0v) is 10.4. The van der Waals surface area contributed by atoms with Gasteiger partial charge in [0.25, 0.3) is 0 Å². The Labute approximate surface area is 96.1 Å². The average Bonchev–Trinajstić information content (AvgIpc) is 2.65. The van der Waals surface area contributed by atoms with Gasteiger partial charge in [-0.25, -0.2) is 13.1 Å². The van der Waals surface area contributed by atoms with Gasteiger partial charge < -0.3 is 4.42 Å². The van der Waals surface area contributed by atoms with Crippen LogP contribution in [0.5, 0.6) is 0 Å². The van der Waals surface area contributed by atoms with Gasteiger partial charge in [0.1, 0.15) is 5.76 Å². The molecule has 1 aromatic rings. The van der Waals surface area contributed by atoms with E-state index in [1.54, 1.807) is 20.1 Å². The second-order valence-corrected chi connectivity index (χ2v) is 6.72. The van der Waals surface area contributed by atoms with Crippen LogP contribution >= 0.6 is 0 Å².